The van der Waals surface area contributed by atoms with Crippen LogP contribution in [0.1, 0.15) is 5.56 Å². The van der Waals surface area contributed by atoms with Gasteiger partial charge < -0.3 is 4.98 Å². The van der Waals surface area contributed by atoms with E-state index in [2.05, 4.69) is 27.8 Å². The molecule has 16 heavy (non-hydrogen) atoms. The van der Waals surface area contributed by atoms with E-state index in [0.29, 0.717) is 5.56 Å². The Bertz CT molecular complexity index is 507. The van der Waals surface area contributed by atoms with Crippen LogP contribution in [0.25, 0.3) is 11.4 Å². The molecule has 0 unspecified atom stereocenters. The van der Waals surface area contributed by atoms with Crippen molar-refractivity contribution in [2.24, 2.45) is 0 Å². The average Bonchev–Trinajstić information content (AvgIpc) is 2.64. The standard InChI is InChI=1S/C9H6F3N3S/c10-9(11,12)6-3-1-2-5(4-6)7-13-8(16)15-14-7/h1-4H,(H2,13,14,15,16). The zero-order chi connectivity index (χ0) is 11.8. The molecule has 0 spiro atoms. The van der Waals surface area contributed by atoms with Crippen LogP contribution >= 0.6 is 12.6 Å². The van der Waals surface area contributed by atoms with Crippen LogP contribution in [0.5, 0.6) is 0 Å². The fourth-order valence-electron chi connectivity index (χ4n) is 1.23. The molecule has 2 aromatic rings. The average molecular weight is 245 g/mol. The fourth-order valence-corrected chi connectivity index (χ4v) is 1.38. The van der Waals surface area contributed by atoms with Crippen LogP contribution in [0, 0.1) is 0 Å². The van der Waals surface area contributed by atoms with Crippen LogP contribution in [-0.4, -0.2) is 15.2 Å². The molecule has 7 heteroatoms. The topological polar surface area (TPSA) is 41.6 Å². The van der Waals surface area contributed by atoms with Crippen molar-refractivity contribution >= 4 is 12.6 Å². The maximum absolute atomic E-state index is 12.4. The normalized spacial score (nSPS) is 11.8. The highest BCUT2D eigenvalue weighted by Gasteiger charge is 2.30. The summed E-state index contributed by atoms with van der Waals surface area (Å²) in [5.41, 5.74) is -0.398. The number of alkyl halides is 3. The molecule has 0 radical (unpaired) electrons. The third-order valence-corrected chi connectivity index (χ3v) is 2.14. The van der Waals surface area contributed by atoms with E-state index in [4.69, 9.17) is 0 Å². The van der Waals surface area contributed by atoms with Crippen LogP contribution in [-0.2, 0) is 6.18 Å². The highest BCUT2D eigenvalue weighted by molar-refractivity contribution is 7.80. The Morgan fingerprint density at radius 3 is 2.50 bits per heavy atom. The van der Waals surface area contributed by atoms with Gasteiger partial charge >= 0.3 is 6.18 Å². The lowest BCUT2D eigenvalue weighted by atomic mass is 10.1. The van der Waals surface area contributed by atoms with E-state index in [1.54, 1.807) is 0 Å². The SMILES string of the molecule is FC(F)(F)c1cccc(-c2nnc(S)[nH]2)c1. The summed E-state index contributed by atoms with van der Waals surface area (Å²) < 4.78 is 37.3. The summed E-state index contributed by atoms with van der Waals surface area (Å²) in [5, 5.41) is 7.48. The number of rotatable bonds is 1. The molecule has 1 N–H and O–H groups in total. The Morgan fingerprint density at radius 1 is 1.19 bits per heavy atom. The maximum Gasteiger partial charge on any atom is 0.416 e. The van der Waals surface area contributed by atoms with Crippen molar-refractivity contribution in [2.75, 3.05) is 0 Å². The van der Waals surface area contributed by atoms with E-state index in [0.717, 1.165) is 12.1 Å². The summed E-state index contributed by atoms with van der Waals surface area (Å²) in [6, 6.07) is 4.84. The van der Waals surface area contributed by atoms with Crippen LogP contribution in [0.3, 0.4) is 0 Å². The van der Waals surface area contributed by atoms with Gasteiger partial charge in [0.15, 0.2) is 11.0 Å². The molecule has 0 saturated heterocycles. The van der Waals surface area contributed by atoms with Gasteiger partial charge in [-0.2, -0.15) is 13.2 Å². The van der Waals surface area contributed by atoms with Gasteiger partial charge in [-0.05, 0) is 12.1 Å². The van der Waals surface area contributed by atoms with Crippen molar-refractivity contribution in [1.29, 1.82) is 0 Å². The van der Waals surface area contributed by atoms with E-state index in [1.165, 1.54) is 12.1 Å². The molecule has 0 fully saturated rings. The van der Waals surface area contributed by atoms with E-state index in [9.17, 15) is 13.2 Å². The van der Waals surface area contributed by atoms with Gasteiger partial charge in [0.2, 0.25) is 0 Å². The third kappa shape index (κ3) is 2.19. The number of H-pyrrole nitrogens is 1. The lowest BCUT2D eigenvalue weighted by Gasteiger charge is -2.06. The minimum absolute atomic E-state index is 0.257. The van der Waals surface area contributed by atoms with E-state index in [-0.39, 0.29) is 11.0 Å². The highest BCUT2D eigenvalue weighted by Crippen LogP contribution is 2.31. The Kier molecular flexibility index (Phi) is 2.63. The molecule has 0 aliphatic heterocycles. The van der Waals surface area contributed by atoms with Gasteiger partial charge in [0.25, 0.3) is 0 Å². The monoisotopic (exact) mass is 245 g/mol. The number of halogens is 3. The molecule has 0 aliphatic carbocycles. The number of hydrogen-bond acceptors (Lipinski definition) is 3. The molecule has 84 valence electrons. The molecule has 1 aromatic carbocycles. The first-order valence-corrected chi connectivity index (χ1v) is 4.71. The van der Waals surface area contributed by atoms with Crippen LogP contribution < -0.4 is 0 Å². The summed E-state index contributed by atoms with van der Waals surface area (Å²) in [6.45, 7) is 0. The lowest BCUT2D eigenvalue weighted by Crippen LogP contribution is -2.04. The molecule has 0 atom stereocenters. The summed E-state index contributed by atoms with van der Waals surface area (Å²) in [7, 11) is 0. The van der Waals surface area contributed by atoms with Crippen LogP contribution in [0.2, 0.25) is 0 Å². The number of nitrogens with zero attached hydrogens (tertiary/aromatic N) is 2. The Hall–Kier alpha value is -1.50. The zero-order valence-electron chi connectivity index (χ0n) is 7.78. The Labute approximate surface area is 94.1 Å². The molecule has 0 bridgehead atoms. The van der Waals surface area contributed by atoms with Crippen LogP contribution in [0.15, 0.2) is 29.4 Å². The second-order valence-electron chi connectivity index (χ2n) is 3.08. The molecule has 1 aromatic heterocycles. The molecule has 1 heterocycles. The number of aromatic nitrogens is 3. The second kappa shape index (κ2) is 3.82. The molecular formula is C9H6F3N3S. The van der Waals surface area contributed by atoms with Crippen molar-refractivity contribution < 1.29 is 13.2 Å². The largest absolute Gasteiger partial charge is 0.416 e. The minimum Gasteiger partial charge on any atom is -0.316 e. The van der Waals surface area contributed by atoms with Gasteiger partial charge in [0.1, 0.15) is 0 Å². The molecule has 2 rings (SSSR count). The molecular weight excluding hydrogens is 239 g/mol. The number of aromatic amines is 1. The van der Waals surface area contributed by atoms with Gasteiger partial charge in [-0.3, -0.25) is 0 Å². The van der Waals surface area contributed by atoms with Crippen molar-refractivity contribution in [2.45, 2.75) is 11.3 Å². The smallest absolute Gasteiger partial charge is 0.316 e. The van der Waals surface area contributed by atoms with E-state index < -0.39 is 11.7 Å². The molecule has 0 saturated carbocycles. The van der Waals surface area contributed by atoms with Gasteiger partial charge in [0, 0.05) is 5.56 Å². The first-order chi connectivity index (χ1) is 7.47. The summed E-state index contributed by atoms with van der Waals surface area (Å²) in [4.78, 5) is 2.65. The molecule has 3 nitrogen and oxygen atoms in total. The van der Waals surface area contributed by atoms with Gasteiger partial charge in [-0.15, -0.1) is 22.8 Å². The Balaban J connectivity index is 2.44. The van der Waals surface area contributed by atoms with Crippen molar-refractivity contribution in [3.8, 4) is 11.4 Å². The first-order valence-electron chi connectivity index (χ1n) is 4.26. The first kappa shape index (κ1) is 11.0. The summed E-state index contributed by atoms with van der Waals surface area (Å²) in [6.07, 6.45) is -4.36. The second-order valence-corrected chi connectivity index (χ2v) is 3.50. The number of hydrogen-bond donors (Lipinski definition) is 2. The number of thiol groups is 1. The molecule has 0 aliphatic rings. The van der Waals surface area contributed by atoms with Gasteiger partial charge in [-0.1, -0.05) is 12.1 Å². The summed E-state index contributed by atoms with van der Waals surface area (Å²) in [5.74, 6) is 0.260. The van der Waals surface area contributed by atoms with Crippen LogP contribution in [0.4, 0.5) is 13.2 Å². The maximum atomic E-state index is 12.4. The minimum atomic E-state index is -4.36. The third-order valence-electron chi connectivity index (χ3n) is 1.94. The highest BCUT2D eigenvalue weighted by atomic mass is 32.1. The Morgan fingerprint density at radius 2 is 1.94 bits per heavy atom. The van der Waals surface area contributed by atoms with Crippen molar-refractivity contribution in [1.82, 2.24) is 15.2 Å². The van der Waals surface area contributed by atoms with E-state index in [1.807, 2.05) is 0 Å². The molecule has 0 amide bonds. The number of benzene rings is 1. The lowest BCUT2D eigenvalue weighted by molar-refractivity contribution is -0.137. The number of nitrogens with one attached hydrogen (secondary N) is 1. The summed E-state index contributed by atoms with van der Waals surface area (Å²) >= 11 is 3.89. The fraction of sp³-hybridized carbons (Fsp3) is 0.111. The van der Waals surface area contributed by atoms with Gasteiger partial charge in [0.05, 0.1) is 5.56 Å². The predicted octanol–water partition coefficient (Wildman–Crippen LogP) is 2.78. The quantitative estimate of drug-likeness (QED) is 0.758. The van der Waals surface area contributed by atoms with Gasteiger partial charge in [-0.25, -0.2) is 0 Å². The van der Waals surface area contributed by atoms with E-state index >= 15 is 0 Å². The zero-order valence-corrected chi connectivity index (χ0v) is 8.68. The van der Waals surface area contributed by atoms with Crippen molar-refractivity contribution in [3.63, 3.8) is 0 Å². The predicted molar refractivity (Wildman–Crippen MR) is 54.1 cm³/mol. The van der Waals surface area contributed by atoms with Crippen molar-refractivity contribution in [3.05, 3.63) is 29.8 Å².